The second-order valence-electron chi connectivity index (χ2n) is 10.1. The van der Waals surface area contributed by atoms with Crippen LogP contribution in [-0.4, -0.2) is 79.1 Å². The zero-order chi connectivity index (χ0) is 20.7. The first kappa shape index (κ1) is 20.3. The highest BCUT2D eigenvalue weighted by molar-refractivity contribution is 5.82. The third kappa shape index (κ3) is 3.75. The Morgan fingerprint density at radius 1 is 1.10 bits per heavy atom. The SMILES string of the molecule is COc1cccc(C[C@H]2[C@H]3C[C@H](CN(C(=O)[C@@H]4CCCN4C)C3)[C@@H]3CCCCN32)c1. The molecule has 0 N–H and O–H groups in total. The van der Waals surface area contributed by atoms with Gasteiger partial charge in [0, 0.05) is 25.2 Å². The van der Waals surface area contributed by atoms with Gasteiger partial charge in [0.25, 0.3) is 0 Å². The van der Waals surface area contributed by atoms with Crippen molar-refractivity contribution < 1.29 is 9.53 Å². The molecule has 1 aromatic carbocycles. The quantitative estimate of drug-likeness (QED) is 0.763. The highest BCUT2D eigenvalue weighted by Gasteiger charge is 2.48. The van der Waals surface area contributed by atoms with Gasteiger partial charge in [0.1, 0.15) is 5.75 Å². The number of rotatable bonds is 4. The minimum atomic E-state index is 0.114. The van der Waals surface area contributed by atoms with E-state index < -0.39 is 0 Å². The van der Waals surface area contributed by atoms with E-state index in [1.807, 2.05) is 6.07 Å². The number of hydrogen-bond acceptors (Lipinski definition) is 4. The number of hydrogen-bond donors (Lipinski definition) is 0. The molecule has 164 valence electrons. The average molecular weight is 412 g/mol. The van der Waals surface area contributed by atoms with E-state index in [1.165, 1.54) is 37.8 Å². The molecule has 1 aromatic rings. The second-order valence-corrected chi connectivity index (χ2v) is 10.1. The van der Waals surface area contributed by atoms with Crippen LogP contribution in [0.4, 0.5) is 0 Å². The average Bonchev–Trinajstić information content (AvgIpc) is 3.22. The van der Waals surface area contributed by atoms with Crippen molar-refractivity contribution in [2.24, 2.45) is 11.8 Å². The maximum atomic E-state index is 13.4. The van der Waals surface area contributed by atoms with Gasteiger partial charge in [-0.15, -0.1) is 0 Å². The molecule has 5 rings (SSSR count). The molecule has 0 aromatic heterocycles. The number of likely N-dealkylation sites (N-methyl/N-ethyl adjacent to an activating group) is 1. The van der Waals surface area contributed by atoms with Crippen molar-refractivity contribution >= 4 is 5.91 Å². The van der Waals surface area contributed by atoms with Gasteiger partial charge >= 0.3 is 0 Å². The Morgan fingerprint density at radius 3 is 2.77 bits per heavy atom. The zero-order valence-electron chi connectivity index (χ0n) is 18.6. The van der Waals surface area contributed by atoms with Gasteiger partial charge in [0.2, 0.25) is 5.91 Å². The van der Waals surface area contributed by atoms with Crippen LogP contribution in [0.1, 0.15) is 44.1 Å². The van der Waals surface area contributed by atoms with E-state index in [0.717, 1.165) is 44.6 Å². The Labute approximate surface area is 181 Å². The number of nitrogens with zero attached hydrogens (tertiary/aromatic N) is 3. The third-order valence-electron chi connectivity index (χ3n) is 8.32. The number of ether oxygens (including phenoxy) is 1. The molecule has 0 saturated carbocycles. The van der Waals surface area contributed by atoms with Gasteiger partial charge in [-0.05, 0) is 88.2 Å². The summed E-state index contributed by atoms with van der Waals surface area (Å²) in [5.74, 6) is 2.58. The molecule has 4 aliphatic rings. The molecular weight excluding hydrogens is 374 g/mol. The highest BCUT2D eigenvalue weighted by atomic mass is 16.5. The van der Waals surface area contributed by atoms with Crippen molar-refractivity contribution in [2.45, 2.75) is 63.1 Å². The molecule has 5 heteroatoms. The molecule has 0 unspecified atom stereocenters. The maximum absolute atomic E-state index is 13.4. The van der Waals surface area contributed by atoms with Gasteiger partial charge in [-0.1, -0.05) is 18.6 Å². The lowest BCUT2D eigenvalue weighted by molar-refractivity contribution is -0.145. The maximum Gasteiger partial charge on any atom is 0.239 e. The summed E-state index contributed by atoms with van der Waals surface area (Å²) in [6.07, 6.45) is 8.51. The monoisotopic (exact) mass is 411 g/mol. The molecule has 5 atom stereocenters. The zero-order valence-corrected chi connectivity index (χ0v) is 18.6. The van der Waals surface area contributed by atoms with Crippen LogP contribution in [0.2, 0.25) is 0 Å². The number of carbonyl (C=O) groups excluding carboxylic acids is 1. The summed E-state index contributed by atoms with van der Waals surface area (Å²) in [7, 11) is 3.87. The number of amides is 1. The van der Waals surface area contributed by atoms with Crippen LogP contribution in [0.15, 0.2) is 24.3 Å². The normalized spacial score (nSPS) is 34.6. The van der Waals surface area contributed by atoms with Crippen LogP contribution in [0.3, 0.4) is 0 Å². The summed E-state index contributed by atoms with van der Waals surface area (Å²) < 4.78 is 5.48. The van der Waals surface area contributed by atoms with Crippen molar-refractivity contribution in [1.29, 1.82) is 0 Å². The van der Waals surface area contributed by atoms with Crippen molar-refractivity contribution in [3.05, 3.63) is 29.8 Å². The summed E-state index contributed by atoms with van der Waals surface area (Å²) in [6.45, 7) is 4.21. The van der Waals surface area contributed by atoms with Crippen LogP contribution in [0.5, 0.6) is 5.75 Å². The number of likely N-dealkylation sites (tertiary alicyclic amines) is 2. The molecule has 30 heavy (non-hydrogen) atoms. The molecular formula is C25H37N3O2. The predicted molar refractivity (Wildman–Crippen MR) is 119 cm³/mol. The van der Waals surface area contributed by atoms with Crippen molar-refractivity contribution in [2.75, 3.05) is 40.3 Å². The molecule has 5 nitrogen and oxygen atoms in total. The molecule has 4 saturated heterocycles. The van der Waals surface area contributed by atoms with Gasteiger partial charge in [0.05, 0.1) is 13.2 Å². The first-order chi connectivity index (χ1) is 14.6. The van der Waals surface area contributed by atoms with E-state index in [-0.39, 0.29) is 6.04 Å². The number of piperidine rings is 3. The number of methoxy groups -OCH3 is 1. The Morgan fingerprint density at radius 2 is 1.97 bits per heavy atom. The molecule has 0 spiro atoms. The van der Waals surface area contributed by atoms with Crippen LogP contribution in [0.25, 0.3) is 0 Å². The lowest BCUT2D eigenvalue weighted by Gasteiger charge is -2.57. The van der Waals surface area contributed by atoms with Gasteiger partial charge in [-0.2, -0.15) is 0 Å². The van der Waals surface area contributed by atoms with Crippen LogP contribution in [-0.2, 0) is 11.2 Å². The minimum absolute atomic E-state index is 0.114. The largest absolute Gasteiger partial charge is 0.497 e. The first-order valence-electron chi connectivity index (χ1n) is 12.0. The first-order valence-corrected chi connectivity index (χ1v) is 12.0. The van der Waals surface area contributed by atoms with Gasteiger partial charge in [-0.25, -0.2) is 0 Å². The molecule has 4 heterocycles. The summed E-state index contributed by atoms with van der Waals surface area (Å²) in [6, 6.07) is 9.89. The molecule has 4 aliphatic heterocycles. The topological polar surface area (TPSA) is 36.0 Å². The summed E-state index contributed by atoms with van der Waals surface area (Å²) in [5.41, 5.74) is 1.36. The highest BCUT2D eigenvalue weighted by Crippen LogP contribution is 2.42. The van der Waals surface area contributed by atoms with Gasteiger partial charge in [0.15, 0.2) is 0 Å². The van der Waals surface area contributed by atoms with Crippen LogP contribution in [0, 0.1) is 11.8 Å². The lowest BCUT2D eigenvalue weighted by Crippen LogP contribution is -2.65. The molecule has 4 fully saturated rings. The van der Waals surface area contributed by atoms with Crippen LogP contribution < -0.4 is 4.74 Å². The summed E-state index contributed by atoms with van der Waals surface area (Å²) >= 11 is 0. The van der Waals surface area contributed by atoms with E-state index in [4.69, 9.17) is 4.74 Å². The van der Waals surface area contributed by atoms with Crippen LogP contribution >= 0.6 is 0 Å². The minimum Gasteiger partial charge on any atom is -0.497 e. The number of carbonyl (C=O) groups is 1. The predicted octanol–water partition coefficient (Wildman–Crippen LogP) is 3.03. The molecule has 2 bridgehead atoms. The van der Waals surface area contributed by atoms with E-state index in [1.54, 1.807) is 7.11 Å². The molecule has 0 aliphatic carbocycles. The fraction of sp³-hybridized carbons (Fsp3) is 0.720. The third-order valence-corrected chi connectivity index (χ3v) is 8.32. The Bertz CT molecular complexity index is 769. The standard InChI is InChI=1S/C25H37N3O2/c1-26-11-6-10-23(26)25(29)27-16-19-15-20(17-27)24(28-12-4-3-9-22(19)28)14-18-7-5-8-21(13-18)30-2/h5,7-8,13,19-20,22-24H,3-4,6,9-12,14-17H2,1-2H3/t19-,20+,22+,23+,24+/m1/s1. The van der Waals surface area contributed by atoms with E-state index in [2.05, 4.69) is 39.9 Å². The van der Waals surface area contributed by atoms with Gasteiger partial charge in [-0.3, -0.25) is 14.6 Å². The molecule has 1 amide bonds. The second kappa shape index (κ2) is 8.51. The molecule has 0 radical (unpaired) electrons. The number of benzene rings is 1. The summed E-state index contributed by atoms with van der Waals surface area (Å²) in [4.78, 5) is 20.8. The van der Waals surface area contributed by atoms with Gasteiger partial charge < -0.3 is 9.64 Å². The smallest absolute Gasteiger partial charge is 0.239 e. The lowest BCUT2D eigenvalue weighted by atomic mass is 9.71. The Balaban J connectivity index is 1.38. The van der Waals surface area contributed by atoms with E-state index >= 15 is 0 Å². The summed E-state index contributed by atoms with van der Waals surface area (Å²) in [5, 5.41) is 0. The Hall–Kier alpha value is -1.59. The van der Waals surface area contributed by atoms with E-state index in [9.17, 15) is 4.79 Å². The van der Waals surface area contributed by atoms with E-state index in [0.29, 0.717) is 29.8 Å². The van der Waals surface area contributed by atoms with Crippen molar-refractivity contribution in [3.63, 3.8) is 0 Å². The Kier molecular flexibility index (Phi) is 5.76. The van der Waals surface area contributed by atoms with Crippen molar-refractivity contribution in [3.8, 4) is 5.75 Å². The fourth-order valence-corrected chi connectivity index (χ4v) is 6.84. The number of fused-ring (bicyclic) bond motifs is 4. The van der Waals surface area contributed by atoms with Crippen molar-refractivity contribution in [1.82, 2.24) is 14.7 Å². The fourth-order valence-electron chi connectivity index (χ4n) is 6.84.